The summed E-state index contributed by atoms with van der Waals surface area (Å²) in [6.07, 6.45) is 0. The van der Waals surface area contributed by atoms with Crippen molar-refractivity contribution >= 4 is 5.91 Å². The average molecular weight is 305 g/mol. The van der Waals surface area contributed by atoms with Crippen LogP contribution in [0.1, 0.15) is 27.3 Å². The molecule has 0 spiro atoms. The highest BCUT2D eigenvalue weighted by atomic mass is 16.1. The standard InChI is InChI=1S/C19H19N3O/c1-14-8-10-16(11-9-14)13-20-19(23)18-12-15(2)22(21-18)17-6-4-3-5-7-17/h3-12H,13H2,1-2H3,(H,20,23). The van der Waals surface area contributed by atoms with Crippen molar-refractivity contribution in [3.63, 3.8) is 0 Å². The third-order valence-electron chi connectivity index (χ3n) is 3.69. The van der Waals surface area contributed by atoms with Crippen molar-refractivity contribution in [3.05, 3.63) is 83.2 Å². The minimum Gasteiger partial charge on any atom is -0.347 e. The highest BCUT2D eigenvalue weighted by molar-refractivity contribution is 5.92. The number of nitrogens with one attached hydrogen (secondary N) is 1. The predicted molar refractivity (Wildman–Crippen MR) is 90.7 cm³/mol. The summed E-state index contributed by atoms with van der Waals surface area (Å²) in [5.41, 5.74) is 4.58. The third-order valence-corrected chi connectivity index (χ3v) is 3.69. The number of nitrogens with zero attached hydrogens (tertiary/aromatic N) is 2. The third kappa shape index (κ3) is 3.48. The lowest BCUT2D eigenvalue weighted by molar-refractivity contribution is 0.0945. The smallest absolute Gasteiger partial charge is 0.272 e. The highest BCUT2D eigenvalue weighted by Gasteiger charge is 2.12. The maximum absolute atomic E-state index is 12.3. The zero-order chi connectivity index (χ0) is 16.2. The van der Waals surface area contributed by atoms with Gasteiger partial charge in [0.15, 0.2) is 5.69 Å². The summed E-state index contributed by atoms with van der Waals surface area (Å²) in [4.78, 5) is 12.3. The number of amides is 1. The Morgan fingerprint density at radius 3 is 2.43 bits per heavy atom. The minimum atomic E-state index is -0.164. The van der Waals surface area contributed by atoms with Gasteiger partial charge in [-0.05, 0) is 37.6 Å². The van der Waals surface area contributed by atoms with E-state index >= 15 is 0 Å². The summed E-state index contributed by atoms with van der Waals surface area (Å²) >= 11 is 0. The molecule has 0 saturated carbocycles. The van der Waals surface area contributed by atoms with Gasteiger partial charge in [0.1, 0.15) is 0 Å². The van der Waals surface area contributed by atoms with Crippen molar-refractivity contribution in [2.45, 2.75) is 20.4 Å². The average Bonchev–Trinajstić information content (AvgIpc) is 2.97. The SMILES string of the molecule is Cc1ccc(CNC(=O)c2cc(C)n(-c3ccccc3)n2)cc1. The lowest BCUT2D eigenvalue weighted by atomic mass is 10.1. The fourth-order valence-electron chi connectivity index (χ4n) is 2.39. The number of hydrogen-bond donors (Lipinski definition) is 1. The Morgan fingerprint density at radius 1 is 1.04 bits per heavy atom. The Labute approximate surface area is 135 Å². The van der Waals surface area contributed by atoms with E-state index in [1.807, 2.05) is 68.4 Å². The van der Waals surface area contributed by atoms with Crippen LogP contribution in [0.15, 0.2) is 60.7 Å². The van der Waals surface area contributed by atoms with Crippen LogP contribution in [0.4, 0.5) is 0 Å². The molecule has 0 radical (unpaired) electrons. The van der Waals surface area contributed by atoms with Crippen molar-refractivity contribution in [1.82, 2.24) is 15.1 Å². The zero-order valence-corrected chi connectivity index (χ0v) is 13.3. The molecule has 1 heterocycles. The molecule has 4 heteroatoms. The maximum Gasteiger partial charge on any atom is 0.272 e. The largest absolute Gasteiger partial charge is 0.347 e. The quantitative estimate of drug-likeness (QED) is 0.803. The van der Waals surface area contributed by atoms with E-state index in [1.165, 1.54) is 5.56 Å². The van der Waals surface area contributed by atoms with Crippen molar-refractivity contribution in [3.8, 4) is 5.69 Å². The fourth-order valence-corrected chi connectivity index (χ4v) is 2.39. The normalized spacial score (nSPS) is 10.5. The van der Waals surface area contributed by atoms with Crippen LogP contribution in [0.25, 0.3) is 5.69 Å². The van der Waals surface area contributed by atoms with Gasteiger partial charge in [-0.15, -0.1) is 0 Å². The van der Waals surface area contributed by atoms with Gasteiger partial charge in [0.05, 0.1) is 5.69 Å². The molecule has 0 atom stereocenters. The van der Waals surface area contributed by atoms with Crippen LogP contribution in [-0.2, 0) is 6.54 Å². The molecule has 2 aromatic carbocycles. The number of rotatable bonds is 4. The first-order chi connectivity index (χ1) is 11.1. The number of benzene rings is 2. The van der Waals surface area contributed by atoms with Crippen molar-refractivity contribution in [1.29, 1.82) is 0 Å². The summed E-state index contributed by atoms with van der Waals surface area (Å²) in [7, 11) is 0. The number of hydrogen-bond acceptors (Lipinski definition) is 2. The Bertz CT molecular complexity index is 804. The molecule has 1 amide bonds. The number of carbonyl (C=O) groups is 1. The highest BCUT2D eigenvalue weighted by Crippen LogP contribution is 2.12. The van der Waals surface area contributed by atoms with Gasteiger partial charge in [0.2, 0.25) is 0 Å². The van der Waals surface area contributed by atoms with E-state index in [4.69, 9.17) is 0 Å². The molecule has 23 heavy (non-hydrogen) atoms. The second kappa shape index (κ2) is 6.48. The molecule has 1 aromatic heterocycles. The van der Waals surface area contributed by atoms with Gasteiger partial charge in [-0.3, -0.25) is 4.79 Å². The molecule has 4 nitrogen and oxygen atoms in total. The first-order valence-corrected chi connectivity index (χ1v) is 7.59. The van der Waals surface area contributed by atoms with Gasteiger partial charge >= 0.3 is 0 Å². The molecule has 0 aliphatic carbocycles. The topological polar surface area (TPSA) is 46.9 Å². The molecule has 0 bridgehead atoms. The summed E-state index contributed by atoms with van der Waals surface area (Å²) < 4.78 is 1.78. The minimum absolute atomic E-state index is 0.164. The first kappa shape index (κ1) is 15.0. The van der Waals surface area contributed by atoms with Crippen LogP contribution in [0.2, 0.25) is 0 Å². The van der Waals surface area contributed by atoms with Crippen LogP contribution in [0.5, 0.6) is 0 Å². The van der Waals surface area contributed by atoms with Gasteiger partial charge in [0.25, 0.3) is 5.91 Å². The number of aryl methyl sites for hydroxylation is 2. The monoisotopic (exact) mass is 305 g/mol. The van der Waals surface area contributed by atoms with Crippen LogP contribution in [0, 0.1) is 13.8 Å². The van der Waals surface area contributed by atoms with Gasteiger partial charge < -0.3 is 5.32 Å². The summed E-state index contributed by atoms with van der Waals surface area (Å²) in [5.74, 6) is -0.164. The zero-order valence-electron chi connectivity index (χ0n) is 13.3. The van der Waals surface area contributed by atoms with Gasteiger partial charge in [0, 0.05) is 12.2 Å². The molecule has 0 fully saturated rings. The van der Waals surface area contributed by atoms with E-state index in [9.17, 15) is 4.79 Å². The fraction of sp³-hybridized carbons (Fsp3) is 0.158. The van der Waals surface area contributed by atoms with E-state index in [1.54, 1.807) is 10.7 Å². The van der Waals surface area contributed by atoms with E-state index in [-0.39, 0.29) is 5.91 Å². The van der Waals surface area contributed by atoms with Gasteiger partial charge in [-0.25, -0.2) is 4.68 Å². The van der Waals surface area contributed by atoms with E-state index in [2.05, 4.69) is 10.4 Å². The summed E-state index contributed by atoms with van der Waals surface area (Å²) in [6.45, 7) is 4.48. The lowest BCUT2D eigenvalue weighted by Crippen LogP contribution is -2.23. The van der Waals surface area contributed by atoms with Crippen LogP contribution in [-0.4, -0.2) is 15.7 Å². The Balaban J connectivity index is 1.72. The molecule has 0 saturated heterocycles. The molecule has 0 aliphatic rings. The molecule has 3 aromatic rings. The molecule has 1 N–H and O–H groups in total. The lowest BCUT2D eigenvalue weighted by Gasteiger charge is -2.04. The number of carbonyl (C=O) groups excluding carboxylic acids is 1. The molecule has 0 unspecified atom stereocenters. The summed E-state index contributed by atoms with van der Waals surface area (Å²) in [5, 5.41) is 7.32. The second-order valence-corrected chi connectivity index (χ2v) is 5.59. The van der Waals surface area contributed by atoms with Crippen LogP contribution < -0.4 is 5.32 Å². The van der Waals surface area contributed by atoms with Crippen molar-refractivity contribution < 1.29 is 4.79 Å². The predicted octanol–water partition coefficient (Wildman–Crippen LogP) is 3.42. The molecular weight excluding hydrogens is 286 g/mol. The molecule has 3 rings (SSSR count). The maximum atomic E-state index is 12.3. The van der Waals surface area contributed by atoms with Gasteiger partial charge in [-0.1, -0.05) is 48.0 Å². The number of para-hydroxylation sites is 1. The number of aromatic nitrogens is 2. The van der Waals surface area contributed by atoms with Crippen LogP contribution >= 0.6 is 0 Å². The van der Waals surface area contributed by atoms with E-state index in [0.717, 1.165) is 16.9 Å². The Kier molecular flexibility index (Phi) is 4.24. The van der Waals surface area contributed by atoms with E-state index in [0.29, 0.717) is 12.2 Å². The van der Waals surface area contributed by atoms with E-state index < -0.39 is 0 Å². The Morgan fingerprint density at radius 2 is 1.74 bits per heavy atom. The van der Waals surface area contributed by atoms with Gasteiger partial charge in [-0.2, -0.15) is 5.10 Å². The molecule has 0 aliphatic heterocycles. The molecular formula is C19H19N3O. The molecule has 116 valence electrons. The first-order valence-electron chi connectivity index (χ1n) is 7.59. The summed E-state index contributed by atoms with van der Waals surface area (Å²) in [6, 6.07) is 19.7. The van der Waals surface area contributed by atoms with Crippen molar-refractivity contribution in [2.24, 2.45) is 0 Å². The van der Waals surface area contributed by atoms with Crippen molar-refractivity contribution in [2.75, 3.05) is 0 Å². The van der Waals surface area contributed by atoms with Crippen LogP contribution in [0.3, 0.4) is 0 Å². The second-order valence-electron chi connectivity index (χ2n) is 5.59. The Hall–Kier alpha value is -2.88.